The van der Waals surface area contributed by atoms with Gasteiger partial charge < -0.3 is 9.57 Å². The molecule has 0 N–H and O–H groups in total. The molecule has 0 radical (unpaired) electrons. The standard InChI is InChI=1S/C15H15NO8/c1-23-14(21)8-4-10(17)2-3-11(18)5-9-15(22)24-16-12(19)6-7-13(16)20/h4-9H2,1H3. The SMILES string of the molecule is COC(=O)CCC(=O)C#CC(=O)CCC(=O)ON1C(=O)CCC1=O. The Morgan fingerprint density at radius 3 is 1.79 bits per heavy atom. The van der Waals surface area contributed by atoms with E-state index in [1.54, 1.807) is 0 Å². The van der Waals surface area contributed by atoms with E-state index < -0.39 is 35.3 Å². The van der Waals surface area contributed by atoms with Crippen molar-refractivity contribution in [3.63, 3.8) is 0 Å². The van der Waals surface area contributed by atoms with Crippen molar-refractivity contribution in [1.82, 2.24) is 5.06 Å². The molecule has 0 aromatic heterocycles. The fraction of sp³-hybridized carbons (Fsp3) is 0.467. The molecule has 1 heterocycles. The van der Waals surface area contributed by atoms with Gasteiger partial charge in [0, 0.05) is 25.7 Å². The third-order valence-corrected chi connectivity index (χ3v) is 2.88. The fourth-order valence-electron chi connectivity index (χ4n) is 1.60. The van der Waals surface area contributed by atoms with Crippen molar-refractivity contribution in [2.24, 2.45) is 0 Å². The molecule has 0 aliphatic carbocycles. The lowest BCUT2D eigenvalue weighted by Gasteiger charge is -2.11. The zero-order valence-electron chi connectivity index (χ0n) is 13.0. The number of rotatable bonds is 7. The lowest BCUT2D eigenvalue weighted by molar-refractivity contribution is -0.197. The minimum absolute atomic E-state index is 0.0236. The summed E-state index contributed by atoms with van der Waals surface area (Å²) in [6.45, 7) is 0. The van der Waals surface area contributed by atoms with Gasteiger partial charge in [0.25, 0.3) is 11.8 Å². The summed E-state index contributed by atoms with van der Waals surface area (Å²) in [5.41, 5.74) is 0. The number of amides is 2. The summed E-state index contributed by atoms with van der Waals surface area (Å²) >= 11 is 0. The van der Waals surface area contributed by atoms with Crippen LogP contribution < -0.4 is 0 Å². The van der Waals surface area contributed by atoms with Crippen molar-refractivity contribution in [3.8, 4) is 11.8 Å². The van der Waals surface area contributed by atoms with Crippen molar-refractivity contribution in [1.29, 1.82) is 0 Å². The third-order valence-electron chi connectivity index (χ3n) is 2.88. The summed E-state index contributed by atoms with van der Waals surface area (Å²) in [5.74, 6) is 0.0909. The molecule has 9 heteroatoms. The van der Waals surface area contributed by atoms with Gasteiger partial charge in [0.15, 0.2) is 0 Å². The molecule has 1 aliphatic rings. The van der Waals surface area contributed by atoms with Crippen LogP contribution in [-0.4, -0.2) is 47.5 Å². The van der Waals surface area contributed by atoms with E-state index in [2.05, 4.69) is 15.5 Å². The molecular weight excluding hydrogens is 322 g/mol. The third kappa shape index (κ3) is 6.39. The molecule has 1 aliphatic heterocycles. The number of carbonyl (C=O) groups excluding carboxylic acids is 6. The number of methoxy groups -OCH3 is 1. The molecule has 0 atom stereocenters. The number of carbonyl (C=O) groups is 6. The van der Waals surface area contributed by atoms with E-state index >= 15 is 0 Å². The van der Waals surface area contributed by atoms with Crippen molar-refractivity contribution >= 4 is 35.3 Å². The van der Waals surface area contributed by atoms with Gasteiger partial charge in [0.2, 0.25) is 11.6 Å². The molecule has 0 unspecified atom stereocenters. The Balaban J connectivity index is 2.33. The highest BCUT2D eigenvalue weighted by molar-refractivity contribution is 6.06. The highest BCUT2D eigenvalue weighted by Crippen LogP contribution is 2.12. The normalized spacial score (nSPS) is 13.1. The Hall–Kier alpha value is -3.02. The molecule has 0 saturated carbocycles. The van der Waals surface area contributed by atoms with Gasteiger partial charge >= 0.3 is 11.9 Å². The molecule has 9 nitrogen and oxygen atoms in total. The quantitative estimate of drug-likeness (QED) is 0.263. The number of ether oxygens (including phenoxy) is 1. The van der Waals surface area contributed by atoms with E-state index in [1.807, 2.05) is 5.92 Å². The minimum atomic E-state index is -0.925. The maximum atomic E-state index is 11.5. The van der Waals surface area contributed by atoms with Gasteiger partial charge in [-0.1, -0.05) is 0 Å². The highest BCUT2D eigenvalue weighted by Gasteiger charge is 2.32. The summed E-state index contributed by atoms with van der Waals surface area (Å²) < 4.78 is 4.35. The largest absolute Gasteiger partial charge is 0.469 e. The molecule has 1 saturated heterocycles. The molecule has 0 aromatic rings. The van der Waals surface area contributed by atoms with Gasteiger partial charge in [0.05, 0.1) is 20.0 Å². The first-order valence-electron chi connectivity index (χ1n) is 7.04. The molecule has 2 amide bonds. The van der Waals surface area contributed by atoms with Crippen LogP contribution in [0, 0.1) is 11.8 Å². The van der Waals surface area contributed by atoms with Gasteiger partial charge in [-0.25, -0.2) is 4.79 Å². The van der Waals surface area contributed by atoms with Crippen LogP contribution in [0.4, 0.5) is 0 Å². The molecular formula is C15H15NO8. The van der Waals surface area contributed by atoms with Gasteiger partial charge in [-0.3, -0.25) is 24.0 Å². The maximum Gasteiger partial charge on any atom is 0.333 e. The first-order chi connectivity index (χ1) is 11.3. The smallest absolute Gasteiger partial charge is 0.333 e. The number of ketones is 2. The summed E-state index contributed by atoms with van der Waals surface area (Å²) in [5, 5.41) is 0.384. The van der Waals surface area contributed by atoms with E-state index in [0.29, 0.717) is 5.06 Å². The van der Waals surface area contributed by atoms with Gasteiger partial charge in [0.1, 0.15) is 0 Å². The van der Waals surface area contributed by atoms with Gasteiger partial charge in [-0.2, -0.15) is 0 Å². The number of hydrogen-bond donors (Lipinski definition) is 0. The van der Waals surface area contributed by atoms with E-state index in [0.717, 1.165) is 0 Å². The van der Waals surface area contributed by atoms with Crippen molar-refractivity contribution < 1.29 is 38.3 Å². The van der Waals surface area contributed by atoms with E-state index in [9.17, 15) is 28.8 Å². The molecule has 1 rings (SSSR count). The summed E-state index contributed by atoms with van der Waals surface area (Å²) in [6, 6.07) is 0. The van der Waals surface area contributed by atoms with Crippen LogP contribution in [0.3, 0.4) is 0 Å². The molecule has 128 valence electrons. The molecule has 0 bridgehead atoms. The monoisotopic (exact) mass is 337 g/mol. The molecule has 0 spiro atoms. The van der Waals surface area contributed by atoms with Crippen LogP contribution in [0.1, 0.15) is 38.5 Å². The number of hydroxylamine groups is 2. The maximum absolute atomic E-state index is 11.5. The van der Waals surface area contributed by atoms with Crippen LogP contribution in [-0.2, 0) is 38.3 Å². The topological polar surface area (TPSA) is 124 Å². The Morgan fingerprint density at radius 1 is 0.875 bits per heavy atom. The summed E-state index contributed by atoms with van der Waals surface area (Å²) in [6.07, 6.45) is -1.07. The lowest BCUT2D eigenvalue weighted by Crippen LogP contribution is -2.32. The van der Waals surface area contributed by atoms with Crippen LogP contribution in [0.15, 0.2) is 0 Å². The lowest BCUT2D eigenvalue weighted by atomic mass is 10.2. The zero-order chi connectivity index (χ0) is 18.1. The predicted molar refractivity (Wildman–Crippen MR) is 75.5 cm³/mol. The second kappa shape index (κ2) is 9.19. The summed E-state index contributed by atoms with van der Waals surface area (Å²) in [7, 11) is 1.18. The fourth-order valence-corrected chi connectivity index (χ4v) is 1.60. The van der Waals surface area contributed by atoms with Crippen molar-refractivity contribution in [3.05, 3.63) is 0 Å². The molecule has 0 aromatic carbocycles. The predicted octanol–water partition coefficient (Wildman–Crippen LogP) is -0.531. The Kier molecular flexibility index (Phi) is 7.29. The van der Waals surface area contributed by atoms with Crippen LogP contribution >= 0.6 is 0 Å². The number of Topliss-reactive ketones (excluding diaryl/α,β-unsaturated/α-hetero) is 2. The van der Waals surface area contributed by atoms with Crippen molar-refractivity contribution in [2.45, 2.75) is 38.5 Å². The number of imide groups is 1. The molecule has 1 fully saturated rings. The number of esters is 1. The molecule has 24 heavy (non-hydrogen) atoms. The van der Waals surface area contributed by atoms with Crippen LogP contribution in [0.2, 0.25) is 0 Å². The van der Waals surface area contributed by atoms with Crippen LogP contribution in [0.25, 0.3) is 0 Å². The first-order valence-corrected chi connectivity index (χ1v) is 7.04. The number of nitrogens with zero attached hydrogens (tertiary/aromatic N) is 1. The first kappa shape index (κ1) is 19.0. The zero-order valence-corrected chi connectivity index (χ0v) is 13.0. The Labute approximate surface area is 137 Å². The van der Waals surface area contributed by atoms with Crippen molar-refractivity contribution in [2.75, 3.05) is 7.11 Å². The average Bonchev–Trinajstić information content (AvgIpc) is 2.87. The Bertz CT molecular complexity index is 624. The second-order valence-electron chi connectivity index (χ2n) is 4.72. The highest BCUT2D eigenvalue weighted by atomic mass is 16.7. The summed E-state index contributed by atoms with van der Waals surface area (Å²) in [4.78, 5) is 72.1. The Morgan fingerprint density at radius 2 is 1.33 bits per heavy atom. The van der Waals surface area contributed by atoms with Crippen LogP contribution in [0.5, 0.6) is 0 Å². The van der Waals surface area contributed by atoms with Gasteiger partial charge in [-0.05, 0) is 11.8 Å². The van der Waals surface area contributed by atoms with Gasteiger partial charge in [-0.15, -0.1) is 5.06 Å². The second-order valence-corrected chi connectivity index (χ2v) is 4.72. The van der Waals surface area contributed by atoms with E-state index in [-0.39, 0.29) is 38.5 Å². The minimum Gasteiger partial charge on any atom is -0.469 e. The van der Waals surface area contributed by atoms with E-state index in [1.165, 1.54) is 7.11 Å². The van der Waals surface area contributed by atoms with E-state index in [4.69, 9.17) is 0 Å². The number of hydrogen-bond acceptors (Lipinski definition) is 8. The average molecular weight is 337 g/mol.